The van der Waals surface area contributed by atoms with E-state index in [-0.39, 0.29) is 23.7 Å². The summed E-state index contributed by atoms with van der Waals surface area (Å²) in [6.45, 7) is 3.99. The van der Waals surface area contributed by atoms with Gasteiger partial charge in [0.15, 0.2) is 0 Å². The lowest BCUT2D eigenvalue weighted by Crippen LogP contribution is -2.37. The largest absolute Gasteiger partial charge is 0.383 e. The van der Waals surface area contributed by atoms with Gasteiger partial charge in [0.2, 0.25) is 5.91 Å². The van der Waals surface area contributed by atoms with Crippen molar-refractivity contribution in [1.29, 1.82) is 0 Å². The van der Waals surface area contributed by atoms with E-state index in [0.29, 0.717) is 31.1 Å². The topological polar surface area (TPSA) is 58.6 Å². The van der Waals surface area contributed by atoms with Crippen molar-refractivity contribution in [2.45, 2.75) is 12.8 Å². The van der Waals surface area contributed by atoms with Gasteiger partial charge in [0.1, 0.15) is 0 Å². The molecule has 1 aliphatic rings. The SMILES string of the molecule is COCCNC(=O)[C@H]1CN(C(=O)c2cccs2)C[C@H]1c1ccc(C)cc1. The minimum atomic E-state index is -0.251. The second kappa shape index (κ2) is 8.47. The highest BCUT2D eigenvalue weighted by molar-refractivity contribution is 7.12. The molecule has 3 rings (SSSR count). The van der Waals surface area contributed by atoms with Gasteiger partial charge in [-0.1, -0.05) is 35.9 Å². The second-order valence-electron chi connectivity index (χ2n) is 6.59. The van der Waals surface area contributed by atoms with Crippen LogP contribution in [-0.4, -0.2) is 50.1 Å². The summed E-state index contributed by atoms with van der Waals surface area (Å²) in [7, 11) is 1.61. The Morgan fingerprint density at radius 1 is 1.23 bits per heavy atom. The number of carbonyl (C=O) groups is 2. The monoisotopic (exact) mass is 372 g/mol. The van der Waals surface area contributed by atoms with E-state index in [1.165, 1.54) is 16.9 Å². The molecule has 0 radical (unpaired) electrons. The first-order valence-electron chi connectivity index (χ1n) is 8.76. The molecule has 2 aromatic rings. The van der Waals surface area contributed by atoms with Crippen LogP contribution >= 0.6 is 11.3 Å². The lowest BCUT2D eigenvalue weighted by molar-refractivity contribution is -0.125. The van der Waals surface area contributed by atoms with E-state index in [0.717, 1.165) is 5.56 Å². The Morgan fingerprint density at radius 3 is 2.65 bits per heavy atom. The van der Waals surface area contributed by atoms with Crippen molar-refractivity contribution in [2.75, 3.05) is 33.4 Å². The zero-order valence-electron chi connectivity index (χ0n) is 15.1. The van der Waals surface area contributed by atoms with Crippen LogP contribution in [0.3, 0.4) is 0 Å². The fourth-order valence-electron chi connectivity index (χ4n) is 3.35. The van der Waals surface area contributed by atoms with Gasteiger partial charge in [0, 0.05) is 32.7 Å². The number of nitrogens with zero attached hydrogens (tertiary/aromatic N) is 1. The van der Waals surface area contributed by atoms with Gasteiger partial charge in [-0.05, 0) is 23.9 Å². The number of nitrogens with one attached hydrogen (secondary N) is 1. The average Bonchev–Trinajstić information content (AvgIpc) is 3.32. The maximum Gasteiger partial charge on any atom is 0.263 e. The molecule has 0 unspecified atom stereocenters. The van der Waals surface area contributed by atoms with Gasteiger partial charge in [0.05, 0.1) is 17.4 Å². The second-order valence-corrected chi connectivity index (χ2v) is 7.54. The number of benzene rings is 1. The number of methoxy groups -OCH3 is 1. The van der Waals surface area contributed by atoms with Crippen LogP contribution in [0.2, 0.25) is 0 Å². The van der Waals surface area contributed by atoms with Gasteiger partial charge >= 0.3 is 0 Å². The number of carbonyl (C=O) groups excluding carboxylic acids is 2. The Labute approximate surface area is 158 Å². The molecular weight excluding hydrogens is 348 g/mol. The molecule has 2 amide bonds. The van der Waals surface area contributed by atoms with E-state index in [9.17, 15) is 9.59 Å². The van der Waals surface area contributed by atoms with E-state index >= 15 is 0 Å². The first-order chi connectivity index (χ1) is 12.6. The van der Waals surface area contributed by atoms with Gasteiger partial charge in [-0.15, -0.1) is 11.3 Å². The van der Waals surface area contributed by atoms with Crippen LogP contribution < -0.4 is 5.32 Å². The average molecular weight is 372 g/mol. The molecule has 138 valence electrons. The Bertz CT molecular complexity index is 743. The molecule has 1 saturated heterocycles. The summed E-state index contributed by atoms with van der Waals surface area (Å²) in [5.74, 6) is -0.265. The van der Waals surface area contributed by atoms with E-state index < -0.39 is 0 Å². The molecular formula is C20H24N2O3S. The summed E-state index contributed by atoms with van der Waals surface area (Å²) in [5, 5.41) is 4.83. The Hall–Kier alpha value is -2.18. The highest BCUT2D eigenvalue weighted by atomic mass is 32.1. The van der Waals surface area contributed by atoms with Gasteiger partial charge in [-0.25, -0.2) is 0 Å². The Balaban J connectivity index is 1.79. The van der Waals surface area contributed by atoms with Gasteiger partial charge in [-0.3, -0.25) is 9.59 Å². The Morgan fingerprint density at radius 2 is 2.00 bits per heavy atom. The van der Waals surface area contributed by atoms with E-state index in [4.69, 9.17) is 4.74 Å². The summed E-state index contributed by atoms with van der Waals surface area (Å²) in [6, 6.07) is 11.9. The molecule has 0 aliphatic carbocycles. The van der Waals surface area contributed by atoms with Crippen LogP contribution in [0.25, 0.3) is 0 Å². The summed E-state index contributed by atoms with van der Waals surface area (Å²) < 4.78 is 5.01. The molecule has 5 nitrogen and oxygen atoms in total. The zero-order valence-corrected chi connectivity index (χ0v) is 15.9. The van der Waals surface area contributed by atoms with Crippen molar-refractivity contribution in [3.63, 3.8) is 0 Å². The number of thiophene rings is 1. The van der Waals surface area contributed by atoms with Gasteiger partial charge in [0.25, 0.3) is 5.91 Å². The minimum Gasteiger partial charge on any atom is -0.383 e. The van der Waals surface area contributed by atoms with Gasteiger partial charge in [-0.2, -0.15) is 0 Å². The van der Waals surface area contributed by atoms with Crippen molar-refractivity contribution in [2.24, 2.45) is 5.92 Å². The minimum absolute atomic E-state index is 0.00190. The first-order valence-corrected chi connectivity index (χ1v) is 9.64. The van der Waals surface area contributed by atoms with Crippen LogP contribution in [0, 0.1) is 12.8 Å². The molecule has 1 aromatic heterocycles. The standard InChI is InChI=1S/C20H24N2O3S/c1-14-5-7-15(8-6-14)16-12-22(20(24)18-4-3-11-26-18)13-17(16)19(23)21-9-10-25-2/h3-8,11,16-17H,9-10,12-13H2,1-2H3,(H,21,23)/t16-,17-/m0/s1. The molecule has 1 aliphatic heterocycles. The summed E-state index contributed by atoms with van der Waals surface area (Å²) in [6.07, 6.45) is 0. The van der Waals surface area contributed by atoms with Crippen LogP contribution in [0.5, 0.6) is 0 Å². The van der Waals surface area contributed by atoms with Crippen molar-refractivity contribution in [3.8, 4) is 0 Å². The lowest BCUT2D eigenvalue weighted by atomic mass is 9.88. The van der Waals surface area contributed by atoms with Gasteiger partial charge < -0.3 is 15.0 Å². The molecule has 2 heterocycles. The predicted molar refractivity (Wildman–Crippen MR) is 103 cm³/mol. The summed E-state index contributed by atoms with van der Waals surface area (Å²) >= 11 is 1.44. The zero-order chi connectivity index (χ0) is 18.5. The first kappa shape index (κ1) is 18.6. The van der Waals surface area contributed by atoms with E-state index in [2.05, 4.69) is 29.6 Å². The quantitative estimate of drug-likeness (QED) is 0.793. The van der Waals surface area contributed by atoms with Crippen molar-refractivity contribution in [1.82, 2.24) is 10.2 Å². The van der Waals surface area contributed by atoms with Crippen molar-refractivity contribution in [3.05, 3.63) is 57.8 Å². The molecule has 26 heavy (non-hydrogen) atoms. The van der Waals surface area contributed by atoms with Crippen molar-refractivity contribution >= 4 is 23.2 Å². The van der Waals surface area contributed by atoms with E-state index in [1.54, 1.807) is 12.0 Å². The molecule has 6 heteroatoms. The smallest absolute Gasteiger partial charge is 0.263 e. The highest BCUT2D eigenvalue weighted by Gasteiger charge is 2.40. The maximum atomic E-state index is 12.8. The molecule has 0 bridgehead atoms. The number of likely N-dealkylation sites (tertiary alicyclic amines) is 1. The predicted octanol–water partition coefficient (Wildman–Crippen LogP) is 2.67. The molecule has 2 atom stereocenters. The molecule has 0 spiro atoms. The molecule has 1 aromatic carbocycles. The maximum absolute atomic E-state index is 12.8. The number of ether oxygens (including phenoxy) is 1. The third kappa shape index (κ3) is 4.14. The van der Waals surface area contributed by atoms with Crippen LogP contribution in [0.1, 0.15) is 26.7 Å². The number of hydrogen-bond donors (Lipinski definition) is 1. The summed E-state index contributed by atoms with van der Waals surface area (Å²) in [4.78, 5) is 28.0. The number of hydrogen-bond acceptors (Lipinski definition) is 4. The van der Waals surface area contributed by atoms with Crippen LogP contribution in [0.4, 0.5) is 0 Å². The van der Waals surface area contributed by atoms with Crippen LogP contribution in [0.15, 0.2) is 41.8 Å². The highest BCUT2D eigenvalue weighted by Crippen LogP contribution is 2.34. The third-order valence-corrected chi connectivity index (χ3v) is 5.64. The lowest BCUT2D eigenvalue weighted by Gasteiger charge is -2.18. The molecule has 0 saturated carbocycles. The number of rotatable bonds is 6. The normalized spacial score (nSPS) is 19.5. The van der Waals surface area contributed by atoms with Crippen molar-refractivity contribution < 1.29 is 14.3 Å². The Kier molecular flexibility index (Phi) is 6.06. The fraction of sp³-hybridized carbons (Fsp3) is 0.400. The molecule has 1 N–H and O–H groups in total. The van der Waals surface area contributed by atoms with E-state index in [1.807, 2.05) is 24.4 Å². The fourth-order valence-corrected chi connectivity index (χ4v) is 4.04. The van der Waals surface area contributed by atoms with Crippen LogP contribution in [-0.2, 0) is 9.53 Å². The third-order valence-electron chi connectivity index (χ3n) is 4.79. The molecule has 1 fully saturated rings. The summed E-state index contributed by atoms with van der Waals surface area (Å²) in [5.41, 5.74) is 2.28. The number of amides is 2. The number of aryl methyl sites for hydroxylation is 1.